The number of hydrogen-bond donors (Lipinski definition) is 3. The fourth-order valence-corrected chi connectivity index (χ4v) is 1.62. The average molecular weight is 237 g/mol. The molecule has 0 radical (unpaired) electrons. The third-order valence-corrected chi connectivity index (χ3v) is 3.35. The molecule has 96 valence electrons. The fraction of sp³-hybridized carbons (Fsp3) is 0.571. The topological polar surface area (TPSA) is 52.5 Å². The Labute approximate surface area is 103 Å². The highest BCUT2D eigenvalue weighted by molar-refractivity contribution is 5.52. The Balaban J connectivity index is 2.75. The highest BCUT2D eigenvalue weighted by Gasteiger charge is 2.21. The molecule has 0 saturated carbocycles. The molecule has 3 nitrogen and oxygen atoms in total. The summed E-state index contributed by atoms with van der Waals surface area (Å²) in [7, 11) is 0. The maximum Gasteiger partial charge on any atom is 0.0781 e. The quantitative estimate of drug-likeness (QED) is 0.712. The maximum atomic E-state index is 9.66. The van der Waals surface area contributed by atoms with Crippen LogP contribution in [0, 0.1) is 5.41 Å². The summed E-state index contributed by atoms with van der Waals surface area (Å²) in [6.45, 7) is 6.73. The molecule has 17 heavy (non-hydrogen) atoms. The number of hydrogen-bond acceptors (Lipinski definition) is 3. The minimum absolute atomic E-state index is 0.119. The van der Waals surface area contributed by atoms with Crippen LogP contribution in [-0.2, 0) is 0 Å². The van der Waals surface area contributed by atoms with Crippen LogP contribution in [0.15, 0.2) is 24.3 Å². The SMILES string of the molecule is CCC(C)(CO)CNc1ccccc1C(C)O. The van der Waals surface area contributed by atoms with E-state index < -0.39 is 6.10 Å². The molecule has 0 spiro atoms. The smallest absolute Gasteiger partial charge is 0.0781 e. The Hall–Kier alpha value is -1.06. The third kappa shape index (κ3) is 3.72. The van der Waals surface area contributed by atoms with Crippen LogP contribution < -0.4 is 5.32 Å². The number of nitrogens with one attached hydrogen (secondary N) is 1. The molecule has 0 amide bonds. The lowest BCUT2D eigenvalue weighted by Crippen LogP contribution is -2.29. The monoisotopic (exact) mass is 237 g/mol. The summed E-state index contributed by atoms with van der Waals surface area (Å²) in [5.41, 5.74) is 1.71. The van der Waals surface area contributed by atoms with Gasteiger partial charge in [-0.05, 0) is 19.4 Å². The summed E-state index contributed by atoms with van der Waals surface area (Å²) in [4.78, 5) is 0. The van der Waals surface area contributed by atoms with Crippen molar-refractivity contribution in [2.24, 2.45) is 5.41 Å². The van der Waals surface area contributed by atoms with Crippen LogP contribution in [0.25, 0.3) is 0 Å². The number of aliphatic hydroxyl groups excluding tert-OH is 2. The Morgan fingerprint density at radius 2 is 2.00 bits per heavy atom. The van der Waals surface area contributed by atoms with E-state index in [-0.39, 0.29) is 12.0 Å². The number of para-hydroxylation sites is 1. The molecule has 3 N–H and O–H groups in total. The van der Waals surface area contributed by atoms with Crippen molar-refractivity contribution in [3.8, 4) is 0 Å². The van der Waals surface area contributed by atoms with E-state index in [4.69, 9.17) is 0 Å². The van der Waals surface area contributed by atoms with Crippen LogP contribution in [0.3, 0.4) is 0 Å². The predicted molar refractivity (Wildman–Crippen MR) is 71.0 cm³/mol. The molecule has 0 aliphatic heterocycles. The molecule has 2 atom stereocenters. The maximum absolute atomic E-state index is 9.66. The molecule has 0 aliphatic rings. The molecule has 1 aromatic rings. The molecule has 1 aromatic carbocycles. The molecule has 0 fully saturated rings. The second-order valence-corrected chi connectivity index (χ2v) is 4.94. The van der Waals surface area contributed by atoms with Crippen molar-refractivity contribution in [1.82, 2.24) is 0 Å². The van der Waals surface area contributed by atoms with Gasteiger partial charge in [0.15, 0.2) is 0 Å². The highest BCUT2D eigenvalue weighted by atomic mass is 16.3. The minimum atomic E-state index is -0.485. The van der Waals surface area contributed by atoms with Crippen LogP contribution in [-0.4, -0.2) is 23.4 Å². The average Bonchev–Trinajstić information content (AvgIpc) is 2.36. The van der Waals surface area contributed by atoms with Crippen LogP contribution in [0.2, 0.25) is 0 Å². The van der Waals surface area contributed by atoms with Crippen molar-refractivity contribution in [2.45, 2.75) is 33.3 Å². The van der Waals surface area contributed by atoms with E-state index in [0.29, 0.717) is 6.54 Å². The van der Waals surface area contributed by atoms with E-state index in [1.54, 1.807) is 6.92 Å². The van der Waals surface area contributed by atoms with Gasteiger partial charge in [-0.3, -0.25) is 0 Å². The molecule has 0 bridgehead atoms. The van der Waals surface area contributed by atoms with E-state index in [0.717, 1.165) is 17.7 Å². The zero-order valence-corrected chi connectivity index (χ0v) is 10.9. The number of aliphatic hydroxyl groups is 2. The zero-order valence-electron chi connectivity index (χ0n) is 10.9. The number of rotatable bonds is 6. The van der Waals surface area contributed by atoms with E-state index in [9.17, 15) is 10.2 Å². The van der Waals surface area contributed by atoms with Gasteiger partial charge in [0.1, 0.15) is 0 Å². The first kappa shape index (κ1) is 14.0. The standard InChI is InChI=1S/C14H23NO2/c1-4-14(3,10-16)9-15-13-8-6-5-7-12(13)11(2)17/h5-8,11,15-17H,4,9-10H2,1-3H3. The lowest BCUT2D eigenvalue weighted by molar-refractivity contribution is 0.149. The van der Waals surface area contributed by atoms with Gasteiger partial charge in [-0.1, -0.05) is 32.0 Å². The first-order valence-electron chi connectivity index (χ1n) is 6.14. The van der Waals surface area contributed by atoms with Gasteiger partial charge in [0, 0.05) is 23.2 Å². The molecular formula is C14H23NO2. The van der Waals surface area contributed by atoms with E-state index in [1.165, 1.54) is 0 Å². The summed E-state index contributed by atoms with van der Waals surface area (Å²) < 4.78 is 0. The fourth-order valence-electron chi connectivity index (χ4n) is 1.62. The molecular weight excluding hydrogens is 214 g/mol. The Kier molecular flexibility index (Phi) is 4.97. The number of anilines is 1. The van der Waals surface area contributed by atoms with Gasteiger partial charge >= 0.3 is 0 Å². The van der Waals surface area contributed by atoms with Crippen LogP contribution in [0.5, 0.6) is 0 Å². The second kappa shape index (κ2) is 6.03. The van der Waals surface area contributed by atoms with E-state index in [1.807, 2.05) is 31.2 Å². The molecule has 3 heteroatoms. The van der Waals surface area contributed by atoms with Gasteiger partial charge in [0.2, 0.25) is 0 Å². The Bertz CT molecular complexity index is 346. The van der Waals surface area contributed by atoms with Crippen molar-refractivity contribution in [3.63, 3.8) is 0 Å². The lowest BCUT2D eigenvalue weighted by atomic mass is 9.88. The van der Waals surface area contributed by atoms with E-state index >= 15 is 0 Å². The van der Waals surface area contributed by atoms with Gasteiger partial charge in [-0.2, -0.15) is 0 Å². The highest BCUT2D eigenvalue weighted by Crippen LogP contribution is 2.25. The molecule has 0 saturated heterocycles. The van der Waals surface area contributed by atoms with Crippen molar-refractivity contribution in [3.05, 3.63) is 29.8 Å². The number of benzene rings is 1. The van der Waals surface area contributed by atoms with Crippen molar-refractivity contribution < 1.29 is 10.2 Å². The first-order valence-corrected chi connectivity index (χ1v) is 6.14. The van der Waals surface area contributed by atoms with Gasteiger partial charge < -0.3 is 15.5 Å². The Morgan fingerprint density at radius 1 is 1.35 bits per heavy atom. The molecule has 2 unspecified atom stereocenters. The molecule has 0 heterocycles. The lowest BCUT2D eigenvalue weighted by Gasteiger charge is -2.27. The normalized spacial score (nSPS) is 16.3. The molecule has 1 rings (SSSR count). The minimum Gasteiger partial charge on any atom is -0.396 e. The summed E-state index contributed by atoms with van der Waals surface area (Å²) in [5, 5.41) is 22.3. The van der Waals surface area contributed by atoms with Crippen LogP contribution in [0.4, 0.5) is 5.69 Å². The largest absolute Gasteiger partial charge is 0.396 e. The van der Waals surface area contributed by atoms with Gasteiger partial charge in [-0.25, -0.2) is 0 Å². The zero-order chi connectivity index (χ0) is 12.9. The van der Waals surface area contributed by atoms with Crippen LogP contribution >= 0.6 is 0 Å². The summed E-state index contributed by atoms with van der Waals surface area (Å²) in [6.07, 6.45) is 0.425. The van der Waals surface area contributed by atoms with Crippen LogP contribution in [0.1, 0.15) is 38.9 Å². The van der Waals surface area contributed by atoms with Gasteiger partial charge in [-0.15, -0.1) is 0 Å². The summed E-state index contributed by atoms with van der Waals surface area (Å²) in [6, 6.07) is 7.72. The van der Waals surface area contributed by atoms with Crippen molar-refractivity contribution in [1.29, 1.82) is 0 Å². The van der Waals surface area contributed by atoms with Crippen molar-refractivity contribution >= 4 is 5.69 Å². The van der Waals surface area contributed by atoms with E-state index in [2.05, 4.69) is 12.2 Å². The van der Waals surface area contributed by atoms with Crippen molar-refractivity contribution in [2.75, 3.05) is 18.5 Å². The second-order valence-electron chi connectivity index (χ2n) is 4.94. The third-order valence-electron chi connectivity index (χ3n) is 3.35. The first-order chi connectivity index (χ1) is 8.02. The Morgan fingerprint density at radius 3 is 2.53 bits per heavy atom. The summed E-state index contributed by atoms with van der Waals surface area (Å²) in [5.74, 6) is 0. The molecule has 0 aliphatic carbocycles. The molecule has 0 aromatic heterocycles. The van der Waals surface area contributed by atoms with Gasteiger partial charge in [0.25, 0.3) is 0 Å². The summed E-state index contributed by atoms with van der Waals surface area (Å²) >= 11 is 0. The van der Waals surface area contributed by atoms with Gasteiger partial charge in [0.05, 0.1) is 12.7 Å². The predicted octanol–water partition coefficient (Wildman–Crippen LogP) is 2.56.